The molecule has 114 valence electrons. The van der Waals surface area contributed by atoms with Crippen molar-refractivity contribution in [2.75, 3.05) is 0 Å². The Bertz CT molecular complexity index is 528. The van der Waals surface area contributed by atoms with Gasteiger partial charge in [-0.15, -0.1) is 0 Å². The van der Waals surface area contributed by atoms with E-state index >= 15 is 0 Å². The fourth-order valence-corrected chi connectivity index (χ4v) is 1.18. The van der Waals surface area contributed by atoms with Gasteiger partial charge in [0.15, 0.2) is 0 Å². The topological polar surface area (TPSA) is 61.8 Å². The summed E-state index contributed by atoms with van der Waals surface area (Å²) in [6, 6.07) is 6.07. The van der Waals surface area contributed by atoms with Crippen LogP contribution < -0.4 is 9.47 Å². The molecule has 1 rings (SSSR count). The van der Waals surface area contributed by atoms with Gasteiger partial charge in [-0.05, 0) is 51.5 Å². The molecule has 0 N–H and O–H groups in total. The van der Waals surface area contributed by atoms with E-state index in [1.54, 1.807) is 20.8 Å². The van der Waals surface area contributed by atoms with Crippen LogP contribution in [0, 0.1) is 0 Å². The summed E-state index contributed by atoms with van der Waals surface area (Å²) < 4.78 is 15.2. The molecule has 5 heteroatoms. The predicted octanol–water partition coefficient (Wildman–Crippen LogP) is 3.87. The molecule has 21 heavy (non-hydrogen) atoms. The Balaban J connectivity index is 2.61. The maximum atomic E-state index is 11.6. The van der Waals surface area contributed by atoms with Crippen LogP contribution in [-0.4, -0.2) is 17.7 Å². The lowest BCUT2D eigenvalue weighted by atomic mass is 10.1. The molecule has 0 saturated heterocycles. The van der Waals surface area contributed by atoms with E-state index in [0.717, 1.165) is 0 Å². The molecule has 0 atom stereocenters. The number of hydrogen-bond acceptors (Lipinski definition) is 5. The Morgan fingerprint density at radius 3 is 2.00 bits per heavy atom. The van der Waals surface area contributed by atoms with Crippen molar-refractivity contribution in [3.05, 3.63) is 36.4 Å². The Morgan fingerprint density at radius 1 is 1.10 bits per heavy atom. The summed E-state index contributed by atoms with van der Waals surface area (Å²) in [6.45, 7) is 10.6. The van der Waals surface area contributed by atoms with Crippen molar-refractivity contribution in [3.8, 4) is 11.5 Å². The van der Waals surface area contributed by atoms with Gasteiger partial charge in [-0.25, -0.2) is 9.59 Å². The highest BCUT2D eigenvalue weighted by molar-refractivity contribution is 5.88. The minimum Gasteiger partial charge on any atom is -0.428 e. The van der Waals surface area contributed by atoms with Crippen molar-refractivity contribution in [2.24, 2.45) is 0 Å². The zero-order chi connectivity index (χ0) is 16.0. The van der Waals surface area contributed by atoms with Gasteiger partial charge in [0.1, 0.15) is 17.1 Å². The summed E-state index contributed by atoms with van der Waals surface area (Å²) in [7, 11) is 0. The van der Waals surface area contributed by atoms with Crippen molar-refractivity contribution in [1.82, 2.24) is 0 Å². The van der Waals surface area contributed by atoms with Gasteiger partial charge in [0.25, 0.3) is 0 Å². The molecule has 0 aromatic heterocycles. The molecule has 0 amide bonds. The Labute approximate surface area is 124 Å². The van der Waals surface area contributed by atoms with Crippen LogP contribution in [0.2, 0.25) is 0 Å². The average Bonchev–Trinajstić information content (AvgIpc) is 2.40. The Kier molecular flexibility index (Phi) is 5.52. The van der Waals surface area contributed by atoms with E-state index in [4.69, 9.17) is 14.2 Å². The lowest BCUT2D eigenvalue weighted by Crippen LogP contribution is -2.28. The second-order valence-corrected chi connectivity index (χ2v) is 5.21. The van der Waals surface area contributed by atoms with Crippen LogP contribution in [0.15, 0.2) is 36.4 Å². The van der Waals surface area contributed by atoms with Gasteiger partial charge in [-0.1, -0.05) is 13.5 Å². The van der Waals surface area contributed by atoms with Crippen molar-refractivity contribution in [2.45, 2.75) is 39.7 Å². The monoisotopic (exact) mass is 292 g/mol. The first-order chi connectivity index (χ1) is 9.73. The van der Waals surface area contributed by atoms with Crippen LogP contribution in [0.3, 0.4) is 0 Å². The van der Waals surface area contributed by atoms with E-state index in [1.165, 1.54) is 24.3 Å². The Morgan fingerprint density at radius 2 is 1.57 bits per heavy atom. The van der Waals surface area contributed by atoms with Crippen molar-refractivity contribution >= 4 is 12.1 Å². The number of carbonyl (C=O) groups is 2. The molecule has 5 nitrogen and oxygen atoms in total. The molecule has 0 heterocycles. The fourth-order valence-electron chi connectivity index (χ4n) is 1.18. The highest BCUT2D eigenvalue weighted by Gasteiger charge is 2.21. The number of rotatable bonds is 5. The molecule has 0 unspecified atom stereocenters. The Hall–Kier alpha value is -2.30. The summed E-state index contributed by atoms with van der Waals surface area (Å²) >= 11 is 0. The normalized spacial score (nSPS) is 10.7. The summed E-state index contributed by atoms with van der Waals surface area (Å²) in [4.78, 5) is 22.9. The zero-order valence-corrected chi connectivity index (χ0v) is 12.8. The molecule has 0 radical (unpaired) electrons. The highest BCUT2D eigenvalue weighted by atomic mass is 16.7. The smallest absolute Gasteiger partial charge is 0.428 e. The van der Waals surface area contributed by atoms with Gasteiger partial charge in [-0.2, -0.15) is 0 Å². The first-order valence-electron chi connectivity index (χ1n) is 6.62. The van der Waals surface area contributed by atoms with Crippen LogP contribution in [0.5, 0.6) is 11.5 Å². The SMILES string of the molecule is C=C(C)C(=O)Oc1ccc(OC(=O)OC(C)(C)CC)cc1. The summed E-state index contributed by atoms with van der Waals surface area (Å²) in [6.07, 6.45) is -0.0914. The van der Waals surface area contributed by atoms with Gasteiger partial charge in [0.05, 0.1) is 0 Å². The lowest BCUT2D eigenvalue weighted by Gasteiger charge is -2.22. The third-order valence-corrected chi connectivity index (χ3v) is 2.79. The summed E-state index contributed by atoms with van der Waals surface area (Å²) in [5.74, 6) is 0.146. The molecule has 0 saturated carbocycles. The van der Waals surface area contributed by atoms with Crippen LogP contribution >= 0.6 is 0 Å². The molecule has 0 aliphatic carbocycles. The maximum absolute atomic E-state index is 11.6. The van der Waals surface area contributed by atoms with Crippen molar-refractivity contribution in [1.29, 1.82) is 0 Å². The molecule has 0 spiro atoms. The first-order valence-corrected chi connectivity index (χ1v) is 6.62. The summed E-state index contributed by atoms with van der Waals surface area (Å²) in [5.41, 5.74) is -0.269. The zero-order valence-electron chi connectivity index (χ0n) is 12.8. The van der Waals surface area contributed by atoms with Crippen LogP contribution in [0.1, 0.15) is 34.1 Å². The number of ether oxygens (including phenoxy) is 3. The fraction of sp³-hybridized carbons (Fsp3) is 0.375. The average molecular weight is 292 g/mol. The third-order valence-electron chi connectivity index (χ3n) is 2.79. The quantitative estimate of drug-likeness (QED) is 0.357. The van der Waals surface area contributed by atoms with Gasteiger partial charge in [0.2, 0.25) is 0 Å². The molecular weight excluding hydrogens is 272 g/mol. The molecular formula is C16H20O5. The number of carbonyl (C=O) groups excluding carboxylic acids is 2. The third kappa shape index (κ3) is 5.69. The number of esters is 1. The van der Waals surface area contributed by atoms with Gasteiger partial charge in [-0.3, -0.25) is 0 Å². The van der Waals surface area contributed by atoms with Crippen LogP contribution in [-0.2, 0) is 9.53 Å². The second kappa shape index (κ2) is 6.92. The first kappa shape index (κ1) is 16.8. The van der Waals surface area contributed by atoms with Crippen molar-refractivity contribution < 1.29 is 23.8 Å². The minimum absolute atomic E-state index is 0.306. The molecule has 0 fully saturated rings. The number of benzene rings is 1. The molecule has 0 aliphatic rings. The van der Waals surface area contributed by atoms with Gasteiger partial charge in [0, 0.05) is 5.57 Å². The van der Waals surface area contributed by atoms with E-state index in [0.29, 0.717) is 23.5 Å². The predicted molar refractivity (Wildman–Crippen MR) is 78.4 cm³/mol. The maximum Gasteiger partial charge on any atom is 0.514 e. The minimum atomic E-state index is -0.770. The lowest BCUT2D eigenvalue weighted by molar-refractivity contribution is -0.130. The standard InChI is InChI=1S/C16H20O5/c1-6-16(4,5)21-15(18)20-13-9-7-12(8-10-13)19-14(17)11(2)3/h7-10H,2,6H2,1,3-5H3. The number of hydrogen-bond donors (Lipinski definition) is 0. The van der Waals surface area contributed by atoms with E-state index in [-0.39, 0.29) is 0 Å². The van der Waals surface area contributed by atoms with Gasteiger partial charge < -0.3 is 14.2 Å². The second-order valence-electron chi connectivity index (χ2n) is 5.21. The molecule has 1 aromatic rings. The van der Waals surface area contributed by atoms with Crippen LogP contribution in [0.4, 0.5) is 4.79 Å². The summed E-state index contributed by atoms with van der Waals surface area (Å²) in [5, 5.41) is 0. The van der Waals surface area contributed by atoms with E-state index in [9.17, 15) is 9.59 Å². The van der Waals surface area contributed by atoms with Crippen LogP contribution in [0.25, 0.3) is 0 Å². The largest absolute Gasteiger partial charge is 0.514 e. The van der Waals surface area contributed by atoms with Crippen molar-refractivity contribution in [3.63, 3.8) is 0 Å². The molecule has 1 aromatic carbocycles. The molecule has 0 bridgehead atoms. The molecule has 0 aliphatic heterocycles. The van der Waals surface area contributed by atoms with Gasteiger partial charge >= 0.3 is 12.1 Å². The highest BCUT2D eigenvalue weighted by Crippen LogP contribution is 2.20. The van der Waals surface area contributed by atoms with E-state index in [2.05, 4.69) is 6.58 Å². The van der Waals surface area contributed by atoms with E-state index in [1.807, 2.05) is 6.92 Å². The van der Waals surface area contributed by atoms with E-state index < -0.39 is 17.7 Å².